The van der Waals surface area contributed by atoms with E-state index in [1.54, 1.807) is 0 Å². The monoisotopic (exact) mass is 275 g/mol. The zero-order valence-corrected chi connectivity index (χ0v) is 12.5. The maximum atomic E-state index is 10.8. The standard InChI is InChI=1S/C17H25NO2/c1-12(2)13-7-6-8-14-16(19)15(11-20-17(13)14)18-9-4-3-5-10-18/h6-8,12,15-16,19H,3-5,9-11H2,1-2H3. The molecule has 0 amide bonds. The molecule has 1 saturated heterocycles. The first-order chi connectivity index (χ1) is 9.68. The van der Waals surface area contributed by atoms with Crippen molar-refractivity contribution in [3.05, 3.63) is 29.3 Å². The second-order valence-corrected chi connectivity index (χ2v) is 6.34. The van der Waals surface area contributed by atoms with E-state index in [-0.39, 0.29) is 6.04 Å². The molecule has 0 aromatic heterocycles. The Bertz CT molecular complexity index is 466. The number of aliphatic hydroxyl groups is 1. The number of rotatable bonds is 2. The lowest BCUT2D eigenvalue weighted by atomic mass is 9.91. The van der Waals surface area contributed by atoms with E-state index in [1.165, 1.54) is 24.8 Å². The fraction of sp³-hybridized carbons (Fsp3) is 0.647. The van der Waals surface area contributed by atoms with E-state index >= 15 is 0 Å². The molecule has 1 N–H and O–H groups in total. The van der Waals surface area contributed by atoms with Crippen LogP contribution in [0, 0.1) is 0 Å². The molecule has 2 heterocycles. The second kappa shape index (κ2) is 5.74. The highest BCUT2D eigenvalue weighted by Crippen LogP contribution is 2.39. The van der Waals surface area contributed by atoms with Gasteiger partial charge in [-0.3, -0.25) is 4.90 Å². The van der Waals surface area contributed by atoms with E-state index in [0.29, 0.717) is 12.5 Å². The molecule has 3 rings (SSSR count). The highest BCUT2D eigenvalue weighted by atomic mass is 16.5. The fourth-order valence-corrected chi connectivity index (χ4v) is 3.45. The van der Waals surface area contributed by atoms with Gasteiger partial charge >= 0.3 is 0 Å². The van der Waals surface area contributed by atoms with Crippen LogP contribution in [0.25, 0.3) is 0 Å². The van der Waals surface area contributed by atoms with Crippen molar-refractivity contribution in [2.45, 2.75) is 51.2 Å². The smallest absolute Gasteiger partial charge is 0.128 e. The van der Waals surface area contributed by atoms with Gasteiger partial charge < -0.3 is 9.84 Å². The quantitative estimate of drug-likeness (QED) is 0.900. The molecular weight excluding hydrogens is 250 g/mol. The Morgan fingerprint density at radius 1 is 1.20 bits per heavy atom. The van der Waals surface area contributed by atoms with Crippen LogP contribution in [0.1, 0.15) is 56.3 Å². The van der Waals surface area contributed by atoms with Crippen LogP contribution in [0.4, 0.5) is 0 Å². The molecule has 0 radical (unpaired) electrons. The van der Waals surface area contributed by atoms with Gasteiger partial charge in [0.1, 0.15) is 18.5 Å². The average molecular weight is 275 g/mol. The Hall–Kier alpha value is -1.06. The number of nitrogens with zero attached hydrogens (tertiary/aromatic N) is 1. The van der Waals surface area contributed by atoms with Crippen molar-refractivity contribution >= 4 is 0 Å². The van der Waals surface area contributed by atoms with E-state index < -0.39 is 6.10 Å². The molecule has 2 unspecified atom stereocenters. The molecule has 0 spiro atoms. The van der Waals surface area contributed by atoms with E-state index in [2.05, 4.69) is 24.8 Å². The molecule has 0 bridgehead atoms. The third kappa shape index (κ3) is 2.45. The first kappa shape index (κ1) is 13.9. The van der Waals surface area contributed by atoms with Gasteiger partial charge in [-0.2, -0.15) is 0 Å². The van der Waals surface area contributed by atoms with Crippen LogP contribution in [0.3, 0.4) is 0 Å². The molecule has 3 heteroatoms. The Balaban J connectivity index is 1.87. The molecule has 110 valence electrons. The van der Waals surface area contributed by atoms with Crippen molar-refractivity contribution in [3.8, 4) is 5.75 Å². The summed E-state index contributed by atoms with van der Waals surface area (Å²) in [5, 5.41) is 10.8. The van der Waals surface area contributed by atoms with Crippen LogP contribution in [-0.4, -0.2) is 35.7 Å². The van der Waals surface area contributed by atoms with Crippen LogP contribution in [0.5, 0.6) is 5.75 Å². The highest BCUT2D eigenvalue weighted by Gasteiger charge is 2.35. The van der Waals surface area contributed by atoms with Gasteiger partial charge in [0.05, 0.1) is 6.04 Å². The van der Waals surface area contributed by atoms with Crippen molar-refractivity contribution < 1.29 is 9.84 Å². The van der Waals surface area contributed by atoms with Crippen molar-refractivity contribution in [2.75, 3.05) is 19.7 Å². The number of fused-ring (bicyclic) bond motifs is 1. The van der Waals surface area contributed by atoms with Crippen LogP contribution in [0.15, 0.2) is 18.2 Å². The zero-order chi connectivity index (χ0) is 14.1. The van der Waals surface area contributed by atoms with Gasteiger partial charge in [0.25, 0.3) is 0 Å². The Kier molecular flexibility index (Phi) is 3.99. The minimum atomic E-state index is -0.421. The lowest BCUT2D eigenvalue weighted by Crippen LogP contribution is -2.48. The van der Waals surface area contributed by atoms with Gasteiger partial charge in [0.15, 0.2) is 0 Å². The van der Waals surface area contributed by atoms with Crippen LogP contribution < -0.4 is 4.74 Å². The summed E-state index contributed by atoms with van der Waals surface area (Å²) in [7, 11) is 0. The Morgan fingerprint density at radius 2 is 1.95 bits per heavy atom. The second-order valence-electron chi connectivity index (χ2n) is 6.34. The summed E-state index contributed by atoms with van der Waals surface area (Å²) < 4.78 is 6.05. The summed E-state index contributed by atoms with van der Waals surface area (Å²) in [6.45, 7) is 7.12. The molecule has 20 heavy (non-hydrogen) atoms. The first-order valence-corrected chi connectivity index (χ1v) is 7.86. The van der Waals surface area contributed by atoms with Gasteiger partial charge in [-0.05, 0) is 37.4 Å². The predicted molar refractivity (Wildman–Crippen MR) is 80.2 cm³/mol. The van der Waals surface area contributed by atoms with Crippen molar-refractivity contribution in [2.24, 2.45) is 0 Å². The summed E-state index contributed by atoms with van der Waals surface area (Å²) in [6, 6.07) is 6.28. The van der Waals surface area contributed by atoms with Gasteiger partial charge in [-0.15, -0.1) is 0 Å². The lowest BCUT2D eigenvalue weighted by molar-refractivity contribution is -0.00479. The summed E-state index contributed by atoms with van der Waals surface area (Å²) in [4.78, 5) is 2.40. The maximum absolute atomic E-state index is 10.8. The van der Waals surface area contributed by atoms with Crippen LogP contribution in [0.2, 0.25) is 0 Å². The van der Waals surface area contributed by atoms with Crippen LogP contribution in [-0.2, 0) is 0 Å². The van der Waals surface area contributed by atoms with E-state index in [0.717, 1.165) is 24.4 Å². The topological polar surface area (TPSA) is 32.7 Å². The number of ether oxygens (including phenoxy) is 1. The lowest BCUT2D eigenvalue weighted by Gasteiger charge is -2.40. The summed E-state index contributed by atoms with van der Waals surface area (Å²) >= 11 is 0. The maximum Gasteiger partial charge on any atom is 0.128 e. The average Bonchev–Trinajstić information content (AvgIpc) is 2.48. The molecule has 3 nitrogen and oxygen atoms in total. The van der Waals surface area contributed by atoms with E-state index in [1.807, 2.05) is 12.1 Å². The minimum Gasteiger partial charge on any atom is -0.491 e. The third-order valence-corrected chi connectivity index (χ3v) is 4.64. The van der Waals surface area contributed by atoms with Gasteiger partial charge in [0.2, 0.25) is 0 Å². The Labute approximate surface area is 121 Å². The van der Waals surface area contributed by atoms with Crippen molar-refractivity contribution in [1.82, 2.24) is 4.90 Å². The number of hydrogen-bond acceptors (Lipinski definition) is 3. The van der Waals surface area contributed by atoms with Gasteiger partial charge in [-0.1, -0.05) is 38.5 Å². The molecule has 1 fully saturated rings. The molecule has 2 atom stereocenters. The van der Waals surface area contributed by atoms with E-state index in [4.69, 9.17) is 4.74 Å². The van der Waals surface area contributed by atoms with E-state index in [9.17, 15) is 5.11 Å². The number of para-hydroxylation sites is 1. The molecular formula is C17H25NO2. The predicted octanol–water partition coefficient (Wildman–Crippen LogP) is 3.09. The highest BCUT2D eigenvalue weighted by molar-refractivity contribution is 5.46. The number of piperidine rings is 1. The fourth-order valence-electron chi connectivity index (χ4n) is 3.45. The van der Waals surface area contributed by atoms with Gasteiger partial charge in [-0.25, -0.2) is 0 Å². The van der Waals surface area contributed by atoms with Crippen molar-refractivity contribution in [1.29, 1.82) is 0 Å². The molecule has 0 aliphatic carbocycles. The molecule has 0 saturated carbocycles. The molecule has 2 aliphatic rings. The summed E-state index contributed by atoms with van der Waals surface area (Å²) in [5.74, 6) is 1.34. The SMILES string of the molecule is CC(C)c1cccc2c1OCC(N1CCCCC1)C2O. The summed E-state index contributed by atoms with van der Waals surface area (Å²) in [5.41, 5.74) is 2.18. The zero-order valence-electron chi connectivity index (χ0n) is 12.5. The number of benzene rings is 1. The number of hydrogen-bond donors (Lipinski definition) is 1. The molecule has 1 aromatic carbocycles. The van der Waals surface area contributed by atoms with Crippen LogP contribution >= 0.6 is 0 Å². The molecule has 1 aromatic rings. The number of likely N-dealkylation sites (tertiary alicyclic amines) is 1. The minimum absolute atomic E-state index is 0.116. The molecule has 2 aliphatic heterocycles. The first-order valence-electron chi connectivity index (χ1n) is 7.86. The Morgan fingerprint density at radius 3 is 2.65 bits per heavy atom. The normalized spacial score (nSPS) is 27.2. The number of aliphatic hydroxyl groups excluding tert-OH is 1. The summed E-state index contributed by atoms with van der Waals surface area (Å²) in [6.07, 6.45) is 3.37. The third-order valence-electron chi connectivity index (χ3n) is 4.64. The van der Waals surface area contributed by atoms with Crippen molar-refractivity contribution in [3.63, 3.8) is 0 Å². The largest absolute Gasteiger partial charge is 0.491 e. The van der Waals surface area contributed by atoms with Gasteiger partial charge in [0, 0.05) is 5.56 Å².